The van der Waals surface area contributed by atoms with E-state index in [4.69, 9.17) is 23.2 Å². The number of nitrogens with one attached hydrogen (secondary N) is 1. The van der Waals surface area contributed by atoms with Gasteiger partial charge in [0.05, 0.1) is 16.9 Å². The van der Waals surface area contributed by atoms with Gasteiger partial charge in [-0.15, -0.1) is 0 Å². The summed E-state index contributed by atoms with van der Waals surface area (Å²) in [6.45, 7) is 0. The Bertz CT molecular complexity index is 1090. The number of anilines is 1. The van der Waals surface area contributed by atoms with E-state index in [9.17, 15) is 21.6 Å². The van der Waals surface area contributed by atoms with Crippen molar-refractivity contribution in [1.82, 2.24) is 14.8 Å². The van der Waals surface area contributed by atoms with Crippen LogP contribution in [0.3, 0.4) is 0 Å². The molecule has 0 unspecified atom stereocenters. The quantitative estimate of drug-likeness (QED) is 0.615. The molecule has 0 saturated heterocycles. The molecule has 0 spiro atoms. The highest BCUT2D eigenvalue weighted by atomic mass is 35.5. The molecular formula is C15H9Cl2F3N4O2S. The van der Waals surface area contributed by atoms with Crippen LogP contribution in [0.1, 0.15) is 5.56 Å². The van der Waals surface area contributed by atoms with Gasteiger partial charge in [-0.25, -0.2) is 18.1 Å². The SMILES string of the molecule is O=S(=O)(Nc1cc(C(F)(F)F)ccc1-n1cccn1)c1ccc(Cl)nc1Cl. The third-order valence-corrected chi connectivity index (χ3v) is 5.40. The van der Waals surface area contributed by atoms with E-state index < -0.39 is 31.8 Å². The van der Waals surface area contributed by atoms with Crippen molar-refractivity contribution < 1.29 is 21.6 Å². The van der Waals surface area contributed by atoms with Gasteiger partial charge >= 0.3 is 6.18 Å². The molecule has 0 fully saturated rings. The van der Waals surface area contributed by atoms with Crippen molar-refractivity contribution in [1.29, 1.82) is 0 Å². The molecule has 1 N–H and O–H groups in total. The molecule has 3 rings (SSSR count). The molecule has 0 aliphatic carbocycles. The first-order chi connectivity index (χ1) is 12.6. The molecule has 0 atom stereocenters. The number of hydrogen-bond acceptors (Lipinski definition) is 4. The standard InChI is InChI=1S/C15H9Cl2F3N4O2S/c16-13-5-4-12(14(17)22-13)27(25,26)23-10-8-9(15(18,19)20)2-3-11(10)24-7-1-6-21-24/h1-8,23H. The molecule has 2 heterocycles. The molecule has 6 nitrogen and oxygen atoms in total. The van der Waals surface area contributed by atoms with Crippen molar-refractivity contribution in [2.24, 2.45) is 0 Å². The van der Waals surface area contributed by atoms with Gasteiger partial charge < -0.3 is 0 Å². The summed E-state index contributed by atoms with van der Waals surface area (Å²) in [6.07, 6.45) is -1.81. The predicted molar refractivity (Wildman–Crippen MR) is 93.6 cm³/mol. The van der Waals surface area contributed by atoms with Crippen molar-refractivity contribution in [3.63, 3.8) is 0 Å². The van der Waals surface area contributed by atoms with Gasteiger partial charge in [-0.2, -0.15) is 18.3 Å². The molecule has 142 valence electrons. The van der Waals surface area contributed by atoms with Crippen LogP contribution in [0.15, 0.2) is 53.7 Å². The van der Waals surface area contributed by atoms with Crippen LogP contribution < -0.4 is 4.72 Å². The maximum Gasteiger partial charge on any atom is 0.416 e. The number of pyridine rings is 1. The molecule has 3 aromatic rings. The highest BCUT2D eigenvalue weighted by Gasteiger charge is 2.32. The summed E-state index contributed by atoms with van der Waals surface area (Å²) in [4.78, 5) is 3.19. The van der Waals surface area contributed by atoms with E-state index in [0.29, 0.717) is 6.07 Å². The zero-order valence-corrected chi connectivity index (χ0v) is 15.4. The van der Waals surface area contributed by atoms with E-state index in [1.165, 1.54) is 29.2 Å². The summed E-state index contributed by atoms with van der Waals surface area (Å²) in [5, 5.41) is 3.47. The zero-order chi connectivity index (χ0) is 19.8. The van der Waals surface area contributed by atoms with E-state index in [1.54, 1.807) is 0 Å². The number of benzene rings is 1. The summed E-state index contributed by atoms with van der Waals surface area (Å²) in [7, 11) is -4.35. The fourth-order valence-electron chi connectivity index (χ4n) is 2.20. The number of halogens is 5. The molecule has 2 aromatic heterocycles. The summed E-state index contributed by atoms with van der Waals surface area (Å²) < 4.78 is 67.8. The normalized spacial score (nSPS) is 12.2. The maximum absolute atomic E-state index is 13.1. The summed E-state index contributed by atoms with van der Waals surface area (Å²) in [6, 6.07) is 6.44. The van der Waals surface area contributed by atoms with Crippen LogP contribution in [0.25, 0.3) is 5.69 Å². The van der Waals surface area contributed by atoms with E-state index in [1.807, 2.05) is 0 Å². The molecule has 27 heavy (non-hydrogen) atoms. The van der Waals surface area contributed by atoms with Gasteiger partial charge in [0, 0.05) is 12.4 Å². The lowest BCUT2D eigenvalue weighted by molar-refractivity contribution is -0.137. The Kier molecular flexibility index (Phi) is 5.06. The van der Waals surface area contributed by atoms with E-state index in [0.717, 1.165) is 18.2 Å². The molecule has 0 bridgehead atoms. The minimum atomic E-state index is -4.66. The summed E-state index contributed by atoms with van der Waals surface area (Å²) >= 11 is 11.5. The Morgan fingerprint density at radius 2 is 1.85 bits per heavy atom. The van der Waals surface area contributed by atoms with Crippen LogP contribution in [0.2, 0.25) is 10.3 Å². The predicted octanol–water partition coefficient (Wildman–Crippen LogP) is 4.39. The molecule has 0 aliphatic heterocycles. The molecule has 12 heteroatoms. The monoisotopic (exact) mass is 436 g/mol. The van der Waals surface area contributed by atoms with Gasteiger partial charge in [-0.1, -0.05) is 23.2 Å². The van der Waals surface area contributed by atoms with E-state index in [2.05, 4.69) is 14.8 Å². The van der Waals surface area contributed by atoms with Crippen molar-refractivity contribution in [2.75, 3.05) is 4.72 Å². The molecule has 1 aromatic carbocycles. The largest absolute Gasteiger partial charge is 0.416 e. The van der Waals surface area contributed by atoms with Gasteiger partial charge in [0.2, 0.25) is 0 Å². The van der Waals surface area contributed by atoms with E-state index >= 15 is 0 Å². The first-order valence-electron chi connectivity index (χ1n) is 7.14. The maximum atomic E-state index is 13.1. The van der Waals surface area contributed by atoms with Crippen LogP contribution in [0, 0.1) is 0 Å². The highest BCUT2D eigenvalue weighted by Crippen LogP contribution is 2.34. The fourth-order valence-corrected chi connectivity index (χ4v) is 3.93. The van der Waals surface area contributed by atoms with Crippen molar-refractivity contribution >= 4 is 38.9 Å². The lowest BCUT2D eigenvalue weighted by Gasteiger charge is -2.16. The van der Waals surface area contributed by atoms with Gasteiger partial charge in [-0.05, 0) is 36.4 Å². The third-order valence-electron chi connectivity index (χ3n) is 3.39. The Balaban J connectivity index is 2.11. The number of rotatable bonds is 4. The second-order valence-electron chi connectivity index (χ2n) is 5.21. The minimum absolute atomic E-state index is 0.0322. The third kappa shape index (κ3) is 4.18. The van der Waals surface area contributed by atoms with Gasteiger partial charge in [-0.3, -0.25) is 4.72 Å². The van der Waals surface area contributed by atoms with E-state index in [-0.39, 0.29) is 16.5 Å². The summed E-state index contributed by atoms with van der Waals surface area (Å²) in [5.74, 6) is 0. The van der Waals surface area contributed by atoms with Crippen molar-refractivity contribution in [2.45, 2.75) is 11.1 Å². The Morgan fingerprint density at radius 3 is 2.44 bits per heavy atom. The number of alkyl halides is 3. The van der Waals surface area contributed by atoms with Gasteiger partial charge in [0.1, 0.15) is 10.0 Å². The highest BCUT2D eigenvalue weighted by molar-refractivity contribution is 7.92. The number of nitrogens with zero attached hydrogens (tertiary/aromatic N) is 3. The molecule has 0 amide bonds. The minimum Gasteiger partial charge on any atom is -0.277 e. The first-order valence-corrected chi connectivity index (χ1v) is 9.38. The first kappa shape index (κ1) is 19.5. The van der Waals surface area contributed by atoms with Crippen LogP contribution in [-0.4, -0.2) is 23.2 Å². The Labute approximate surface area is 161 Å². The average Bonchev–Trinajstić information content (AvgIpc) is 3.07. The lowest BCUT2D eigenvalue weighted by atomic mass is 10.1. The Hall–Kier alpha value is -2.30. The lowest BCUT2D eigenvalue weighted by Crippen LogP contribution is -2.17. The average molecular weight is 437 g/mol. The van der Waals surface area contributed by atoms with Crippen LogP contribution in [-0.2, 0) is 16.2 Å². The molecular weight excluding hydrogens is 428 g/mol. The number of aromatic nitrogens is 3. The van der Waals surface area contributed by atoms with Crippen LogP contribution in [0.5, 0.6) is 0 Å². The number of hydrogen-bond donors (Lipinski definition) is 1. The smallest absolute Gasteiger partial charge is 0.277 e. The van der Waals surface area contributed by atoms with Gasteiger partial charge in [0.15, 0.2) is 5.15 Å². The van der Waals surface area contributed by atoms with Gasteiger partial charge in [0.25, 0.3) is 10.0 Å². The number of sulfonamides is 1. The zero-order valence-electron chi connectivity index (χ0n) is 13.1. The molecule has 0 aliphatic rings. The topological polar surface area (TPSA) is 76.9 Å². The molecule has 0 saturated carbocycles. The summed E-state index contributed by atoms with van der Waals surface area (Å²) in [5.41, 5.74) is -1.27. The second kappa shape index (κ2) is 7.02. The fraction of sp³-hybridized carbons (Fsp3) is 0.0667. The molecule has 0 radical (unpaired) electrons. The van der Waals surface area contributed by atoms with Crippen LogP contribution >= 0.6 is 23.2 Å². The van der Waals surface area contributed by atoms with Crippen molar-refractivity contribution in [3.05, 3.63) is 64.7 Å². The second-order valence-corrected chi connectivity index (χ2v) is 7.60. The van der Waals surface area contributed by atoms with Crippen LogP contribution in [0.4, 0.5) is 18.9 Å². The van der Waals surface area contributed by atoms with Crippen molar-refractivity contribution in [3.8, 4) is 5.69 Å². The Morgan fingerprint density at radius 1 is 1.11 bits per heavy atom.